The molecule has 2 heterocycles. The summed E-state index contributed by atoms with van der Waals surface area (Å²) in [5.74, 6) is 1.00. The average Bonchev–Trinajstić information content (AvgIpc) is 3.12. The number of unbranched alkanes of at least 4 members (excludes halogenated alkanes) is 4. The van der Waals surface area contributed by atoms with Crippen LogP contribution in [0.2, 0.25) is 0 Å². The Labute approximate surface area is 150 Å². The molecule has 6 heteroatoms. The summed E-state index contributed by atoms with van der Waals surface area (Å²) >= 11 is 0. The lowest BCUT2D eigenvalue weighted by atomic mass is 9.94. The number of carbonyl (C=O) groups excluding carboxylic acids is 1. The lowest BCUT2D eigenvalue weighted by Crippen LogP contribution is -2.33. The van der Waals surface area contributed by atoms with E-state index < -0.39 is 0 Å². The highest BCUT2D eigenvalue weighted by molar-refractivity contribution is 5.79. The van der Waals surface area contributed by atoms with Crippen molar-refractivity contribution in [2.45, 2.75) is 85.1 Å². The van der Waals surface area contributed by atoms with Crippen LogP contribution in [0.5, 0.6) is 0 Å². The number of rotatable bonds is 11. The van der Waals surface area contributed by atoms with Crippen molar-refractivity contribution in [1.82, 2.24) is 25.1 Å². The normalized spacial score (nSPS) is 13.9. The molecular formula is C19H33N5O. The molecule has 0 fully saturated rings. The summed E-state index contributed by atoms with van der Waals surface area (Å²) in [6.45, 7) is 8.31. The first kappa shape index (κ1) is 19.5. The fraction of sp³-hybridized carbons (Fsp3) is 0.737. The number of carbonyl (C=O) groups is 1. The molecule has 1 amide bonds. The number of nitrogens with one attached hydrogen (secondary N) is 2. The van der Waals surface area contributed by atoms with Crippen LogP contribution in [0.3, 0.4) is 0 Å². The molecule has 2 rings (SSSR count). The first-order valence-corrected chi connectivity index (χ1v) is 9.77. The van der Waals surface area contributed by atoms with E-state index in [1.807, 2.05) is 19.9 Å². The van der Waals surface area contributed by atoms with E-state index in [4.69, 9.17) is 0 Å². The third-order valence-corrected chi connectivity index (χ3v) is 4.76. The maximum atomic E-state index is 12.8. The van der Waals surface area contributed by atoms with Crippen LogP contribution in [0.25, 0.3) is 5.65 Å². The van der Waals surface area contributed by atoms with E-state index in [9.17, 15) is 4.79 Å². The number of aromatic nitrogens is 4. The first-order valence-electron chi connectivity index (χ1n) is 9.77. The van der Waals surface area contributed by atoms with E-state index >= 15 is 0 Å². The lowest BCUT2D eigenvalue weighted by Gasteiger charge is -2.19. The van der Waals surface area contributed by atoms with Gasteiger partial charge in [0.15, 0.2) is 11.5 Å². The third-order valence-electron chi connectivity index (χ3n) is 4.76. The fourth-order valence-electron chi connectivity index (χ4n) is 3.27. The van der Waals surface area contributed by atoms with Gasteiger partial charge in [0.2, 0.25) is 5.91 Å². The number of H-pyrrole nitrogens is 1. The Hall–Kier alpha value is -1.85. The lowest BCUT2D eigenvalue weighted by molar-refractivity contribution is -0.126. The Balaban J connectivity index is 1.97. The smallest absolute Gasteiger partial charge is 0.223 e. The topological polar surface area (TPSA) is 75.1 Å². The second-order valence-corrected chi connectivity index (χ2v) is 7.08. The molecule has 2 unspecified atom stereocenters. The Morgan fingerprint density at radius 2 is 1.92 bits per heavy atom. The molecule has 0 aliphatic carbocycles. The van der Waals surface area contributed by atoms with E-state index in [0.717, 1.165) is 49.3 Å². The Kier molecular flexibility index (Phi) is 7.47. The summed E-state index contributed by atoms with van der Waals surface area (Å²) in [5, 5.41) is 14.9. The number of hydrogen-bond acceptors (Lipinski definition) is 3. The summed E-state index contributed by atoms with van der Waals surface area (Å²) in [6, 6.07) is 1.78. The largest absolute Gasteiger partial charge is 0.346 e. The third kappa shape index (κ3) is 5.31. The SMILES string of the molecule is CCCCCCC(CCCC)C(=O)NC(C)c1n[nH]c2cc(C)nn12. The Morgan fingerprint density at radius 3 is 2.64 bits per heavy atom. The maximum absolute atomic E-state index is 12.8. The highest BCUT2D eigenvalue weighted by atomic mass is 16.1. The van der Waals surface area contributed by atoms with Gasteiger partial charge in [-0.1, -0.05) is 52.4 Å². The zero-order valence-electron chi connectivity index (χ0n) is 16.1. The Morgan fingerprint density at radius 1 is 1.20 bits per heavy atom. The van der Waals surface area contributed by atoms with E-state index in [1.165, 1.54) is 19.3 Å². The molecule has 6 nitrogen and oxygen atoms in total. The zero-order chi connectivity index (χ0) is 18.2. The fourth-order valence-corrected chi connectivity index (χ4v) is 3.27. The standard InChI is InChI=1S/C19H33N5O/c1-5-7-9-10-12-16(11-8-6-2)19(25)20-15(4)18-22-21-17-13-14(3)23-24(17)18/h13,15-16,21H,5-12H2,1-4H3,(H,20,25). The van der Waals surface area contributed by atoms with Gasteiger partial charge in [-0.3, -0.25) is 9.89 Å². The minimum Gasteiger partial charge on any atom is -0.346 e. The predicted molar refractivity (Wildman–Crippen MR) is 100 cm³/mol. The van der Waals surface area contributed by atoms with Gasteiger partial charge in [-0.25, -0.2) is 0 Å². The summed E-state index contributed by atoms with van der Waals surface area (Å²) < 4.78 is 1.78. The molecule has 0 saturated carbocycles. The average molecular weight is 348 g/mol. The minimum atomic E-state index is -0.166. The molecule has 0 saturated heterocycles. The highest BCUT2D eigenvalue weighted by Crippen LogP contribution is 2.20. The van der Waals surface area contributed by atoms with Gasteiger partial charge in [0.1, 0.15) is 0 Å². The van der Waals surface area contributed by atoms with Gasteiger partial charge in [-0.15, -0.1) is 0 Å². The van der Waals surface area contributed by atoms with Crippen molar-refractivity contribution in [1.29, 1.82) is 0 Å². The van der Waals surface area contributed by atoms with Crippen molar-refractivity contribution in [3.05, 3.63) is 17.6 Å². The molecule has 25 heavy (non-hydrogen) atoms. The summed E-state index contributed by atoms with van der Waals surface area (Å²) in [5.41, 5.74) is 1.79. The van der Waals surface area contributed by atoms with Crippen molar-refractivity contribution >= 4 is 11.6 Å². The number of amides is 1. The van der Waals surface area contributed by atoms with Crippen molar-refractivity contribution in [2.75, 3.05) is 0 Å². The van der Waals surface area contributed by atoms with Crippen molar-refractivity contribution in [2.24, 2.45) is 5.92 Å². The number of hydrogen-bond donors (Lipinski definition) is 2. The number of aromatic amines is 1. The molecule has 2 atom stereocenters. The van der Waals surface area contributed by atoms with Gasteiger partial charge in [0.25, 0.3) is 0 Å². The number of fused-ring (bicyclic) bond motifs is 1. The highest BCUT2D eigenvalue weighted by Gasteiger charge is 2.22. The molecule has 0 aliphatic heterocycles. The van der Waals surface area contributed by atoms with E-state index in [0.29, 0.717) is 0 Å². The summed E-state index contributed by atoms with van der Waals surface area (Å²) in [7, 11) is 0. The summed E-state index contributed by atoms with van der Waals surface area (Å²) in [4.78, 5) is 12.8. The first-order chi connectivity index (χ1) is 12.1. The van der Waals surface area contributed by atoms with Crippen molar-refractivity contribution < 1.29 is 4.79 Å². The molecule has 0 aromatic carbocycles. The van der Waals surface area contributed by atoms with Crippen molar-refractivity contribution in [3.8, 4) is 0 Å². The van der Waals surface area contributed by atoms with Gasteiger partial charge in [-0.2, -0.15) is 14.7 Å². The zero-order valence-corrected chi connectivity index (χ0v) is 16.1. The maximum Gasteiger partial charge on any atom is 0.223 e. The van der Waals surface area contributed by atoms with Gasteiger partial charge in [0.05, 0.1) is 11.7 Å². The summed E-state index contributed by atoms with van der Waals surface area (Å²) in [6.07, 6.45) is 9.01. The van der Waals surface area contributed by atoms with Crippen LogP contribution < -0.4 is 5.32 Å². The minimum absolute atomic E-state index is 0.105. The molecule has 0 bridgehead atoms. The Bertz CT molecular complexity index is 660. The molecular weight excluding hydrogens is 314 g/mol. The van der Waals surface area contributed by atoms with Gasteiger partial charge >= 0.3 is 0 Å². The van der Waals surface area contributed by atoms with Crippen LogP contribution >= 0.6 is 0 Å². The van der Waals surface area contributed by atoms with Crippen LogP contribution in [0.1, 0.15) is 89.7 Å². The van der Waals surface area contributed by atoms with Crippen LogP contribution in [0, 0.1) is 12.8 Å². The van der Waals surface area contributed by atoms with Crippen LogP contribution in [-0.2, 0) is 4.79 Å². The van der Waals surface area contributed by atoms with Gasteiger partial charge in [-0.05, 0) is 26.7 Å². The van der Waals surface area contributed by atoms with Gasteiger partial charge in [0, 0.05) is 12.0 Å². The molecule has 2 aromatic heterocycles. The van der Waals surface area contributed by atoms with Crippen LogP contribution in [0.15, 0.2) is 6.07 Å². The molecule has 0 radical (unpaired) electrons. The van der Waals surface area contributed by atoms with Crippen molar-refractivity contribution in [3.63, 3.8) is 0 Å². The van der Waals surface area contributed by atoms with Crippen LogP contribution in [-0.4, -0.2) is 25.7 Å². The quantitative estimate of drug-likeness (QED) is 0.594. The molecule has 2 N–H and O–H groups in total. The second-order valence-electron chi connectivity index (χ2n) is 7.08. The number of nitrogens with zero attached hydrogens (tertiary/aromatic N) is 3. The second kappa shape index (κ2) is 9.59. The molecule has 0 spiro atoms. The predicted octanol–water partition coefficient (Wildman–Crippen LogP) is 4.32. The van der Waals surface area contributed by atoms with Crippen LogP contribution in [0.4, 0.5) is 0 Å². The van der Waals surface area contributed by atoms with Gasteiger partial charge < -0.3 is 5.32 Å². The number of aryl methyl sites for hydroxylation is 1. The monoisotopic (exact) mass is 347 g/mol. The molecule has 140 valence electrons. The molecule has 0 aliphatic rings. The van der Waals surface area contributed by atoms with E-state index in [-0.39, 0.29) is 17.9 Å². The van der Waals surface area contributed by atoms with E-state index in [2.05, 4.69) is 34.5 Å². The van der Waals surface area contributed by atoms with E-state index in [1.54, 1.807) is 4.52 Å². The molecule has 2 aromatic rings.